The molecule has 2 bridgehead atoms. The number of carbonyl (C=O) groups excluding carboxylic acids is 1. The highest BCUT2D eigenvalue weighted by molar-refractivity contribution is 5.97. The van der Waals surface area contributed by atoms with Gasteiger partial charge in [-0.25, -0.2) is 4.98 Å². The van der Waals surface area contributed by atoms with Crippen molar-refractivity contribution in [3.05, 3.63) is 65.5 Å². The number of hydrogen-bond acceptors (Lipinski definition) is 3. The summed E-state index contributed by atoms with van der Waals surface area (Å²) in [5, 5.41) is 11.6. The fourth-order valence-electron chi connectivity index (χ4n) is 5.06. The second-order valence-corrected chi connectivity index (χ2v) is 8.34. The molecule has 1 fully saturated rings. The number of aromatic nitrogens is 2. The number of likely N-dealkylation sites (tertiary alicyclic amines) is 1. The second-order valence-electron chi connectivity index (χ2n) is 8.34. The Bertz CT molecular complexity index is 1050. The van der Waals surface area contributed by atoms with Crippen molar-refractivity contribution in [2.24, 2.45) is 5.41 Å². The number of imidazole rings is 1. The quantitative estimate of drug-likeness (QED) is 0.699. The predicted octanol–water partition coefficient (Wildman–Crippen LogP) is 3.25. The molecule has 2 atom stereocenters. The lowest BCUT2D eigenvalue weighted by Gasteiger charge is -2.59. The number of nitrogens with zero attached hydrogens (tertiary/aromatic N) is 2. The number of H-pyrrole nitrogens is 1. The smallest absolute Gasteiger partial charge is 0.254 e. The van der Waals surface area contributed by atoms with Gasteiger partial charge in [0, 0.05) is 23.6 Å². The summed E-state index contributed by atoms with van der Waals surface area (Å²) in [7, 11) is 0. The lowest BCUT2D eigenvalue weighted by molar-refractivity contribution is -0.154. The molecular weight excluding hydrogens is 338 g/mol. The van der Waals surface area contributed by atoms with E-state index in [0.717, 1.165) is 28.6 Å². The zero-order valence-electron chi connectivity index (χ0n) is 15.6. The number of piperidine rings is 1. The maximum Gasteiger partial charge on any atom is 0.254 e. The Morgan fingerprint density at radius 1 is 1.26 bits per heavy atom. The molecule has 1 aliphatic heterocycles. The van der Waals surface area contributed by atoms with Crippen LogP contribution in [-0.4, -0.2) is 38.5 Å². The Hall–Kier alpha value is -2.66. The normalized spacial score (nSPS) is 26.0. The van der Waals surface area contributed by atoms with Crippen LogP contribution in [-0.2, 0) is 12.0 Å². The summed E-state index contributed by atoms with van der Waals surface area (Å²) in [6.45, 7) is 4.73. The maximum atomic E-state index is 13.4. The molecule has 2 unspecified atom stereocenters. The van der Waals surface area contributed by atoms with Crippen molar-refractivity contribution in [1.82, 2.24) is 14.9 Å². The average molecular weight is 361 g/mol. The van der Waals surface area contributed by atoms with E-state index in [1.54, 1.807) is 6.33 Å². The van der Waals surface area contributed by atoms with Crippen LogP contribution in [0.2, 0.25) is 0 Å². The predicted molar refractivity (Wildman–Crippen MR) is 103 cm³/mol. The molecule has 1 aromatic heterocycles. The lowest BCUT2D eigenvalue weighted by Crippen LogP contribution is -2.65. The third kappa shape index (κ3) is 2.15. The first-order chi connectivity index (χ1) is 12.9. The third-order valence-electron chi connectivity index (χ3n) is 6.79. The van der Waals surface area contributed by atoms with Gasteiger partial charge in [-0.2, -0.15) is 0 Å². The Morgan fingerprint density at radius 3 is 2.93 bits per heavy atom. The van der Waals surface area contributed by atoms with Crippen molar-refractivity contribution in [2.45, 2.75) is 38.3 Å². The van der Waals surface area contributed by atoms with Crippen LogP contribution in [0.25, 0.3) is 11.0 Å². The van der Waals surface area contributed by atoms with Crippen LogP contribution in [0, 0.1) is 5.41 Å². The van der Waals surface area contributed by atoms with Gasteiger partial charge < -0.3 is 15.0 Å². The zero-order valence-corrected chi connectivity index (χ0v) is 15.6. The van der Waals surface area contributed by atoms with E-state index in [2.05, 4.69) is 29.9 Å². The Labute approximate surface area is 158 Å². The van der Waals surface area contributed by atoms with Gasteiger partial charge in [-0.3, -0.25) is 4.79 Å². The van der Waals surface area contributed by atoms with E-state index in [-0.39, 0.29) is 11.9 Å². The SMILES string of the molecule is CC1(C)C2Cc3ccccc3C1(O)CCN2C(=O)c1ccc2nc[nH]c2c1. The summed E-state index contributed by atoms with van der Waals surface area (Å²) >= 11 is 0. The summed E-state index contributed by atoms with van der Waals surface area (Å²) in [5.41, 5.74) is 3.22. The van der Waals surface area contributed by atoms with Crippen LogP contribution in [0.5, 0.6) is 0 Å². The van der Waals surface area contributed by atoms with Crippen LogP contribution in [0.4, 0.5) is 0 Å². The highest BCUT2D eigenvalue weighted by Gasteiger charge is 2.58. The van der Waals surface area contributed by atoms with E-state index >= 15 is 0 Å². The van der Waals surface area contributed by atoms with Gasteiger partial charge in [-0.1, -0.05) is 38.1 Å². The molecule has 2 aliphatic rings. The highest BCUT2D eigenvalue weighted by Crippen LogP contribution is 2.54. The van der Waals surface area contributed by atoms with Crippen molar-refractivity contribution < 1.29 is 9.90 Å². The summed E-state index contributed by atoms with van der Waals surface area (Å²) in [4.78, 5) is 22.6. The fourth-order valence-corrected chi connectivity index (χ4v) is 5.06. The first-order valence-electron chi connectivity index (χ1n) is 9.47. The van der Waals surface area contributed by atoms with E-state index in [0.29, 0.717) is 18.5 Å². The molecule has 5 heteroatoms. The number of carbonyl (C=O) groups is 1. The van der Waals surface area contributed by atoms with Gasteiger partial charge in [0.1, 0.15) is 0 Å². The standard InChI is InChI=1S/C22H23N3O2/c1-21(2)19-12-14-5-3-4-6-16(14)22(21,27)9-10-25(19)20(26)15-7-8-17-18(11-15)24-13-23-17/h3-8,11,13,19,27H,9-10,12H2,1-2H3,(H,23,24). The number of rotatable bonds is 1. The lowest BCUT2D eigenvalue weighted by atomic mass is 9.56. The molecule has 1 amide bonds. The minimum absolute atomic E-state index is 0.0195. The second kappa shape index (κ2) is 5.42. The van der Waals surface area contributed by atoms with Crippen molar-refractivity contribution in [1.29, 1.82) is 0 Å². The molecule has 0 radical (unpaired) electrons. The van der Waals surface area contributed by atoms with Crippen molar-refractivity contribution in [3.63, 3.8) is 0 Å². The molecule has 0 saturated carbocycles. The van der Waals surface area contributed by atoms with E-state index in [4.69, 9.17) is 0 Å². The Kier molecular flexibility index (Phi) is 3.32. The van der Waals surface area contributed by atoms with Gasteiger partial charge >= 0.3 is 0 Å². The maximum absolute atomic E-state index is 13.4. The van der Waals surface area contributed by atoms with Gasteiger partial charge in [0.15, 0.2) is 0 Å². The minimum atomic E-state index is -0.906. The largest absolute Gasteiger partial charge is 0.384 e. The molecule has 2 aromatic carbocycles. The van der Waals surface area contributed by atoms with E-state index < -0.39 is 11.0 Å². The Morgan fingerprint density at radius 2 is 2.07 bits per heavy atom. The molecule has 5 nitrogen and oxygen atoms in total. The van der Waals surface area contributed by atoms with Gasteiger partial charge in [0.25, 0.3) is 5.91 Å². The first kappa shape index (κ1) is 16.5. The number of aliphatic hydroxyl groups is 1. The molecule has 3 aromatic rings. The minimum Gasteiger partial charge on any atom is -0.384 e. The van der Waals surface area contributed by atoms with Crippen LogP contribution in [0.1, 0.15) is 41.8 Å². The van der Waals surface area contributed by atoms with Crippen LogP contribution in [0.3, 0.4) is 0 Å². The number of amides is 1. The van der Waals surface area contributed by atoms with Gasteiger partial charge in [-0.15, -0.1) is 0 Å². The molecule has 2 N–H and O–H groups in total. The third-order valence-corrected chi connectivity index (χ3v) is 6.79. The number of fused-ring (bicyclic) bond motifs is 5. The molecule has 138 valence electrons. The van der Waals surface area contributed by atoms with E-state index in [1.807, 2.05) is 41.3 Å². The van der Waals surface area contributed by atoms with E-state index in [1.165, 1.54) is 0 Å². The van der Waals surface area contributed by atoms with Crippen LogP contribution >= 0.6 is 0 Å². The van der Waals surface area contributed by atoms with Crippen LogP contribution < -0.4 is 0 Å². The topological polar surface area (TPSA) is 69.2 Å². The fraction of sp³-hybridized carbons (Fsp3) is 0.364. The van der Waals surface area contributed by atoms with E-state index in [9.17, 15) is 9.90 Å². The molecule has 2 heterocycles. The molecule has 0 spiro atoms. The first-order valence-corrected chi connectivity index (χ1v) is 9.47. The average Bonchev–Trinajstić information content (AvgIpc) is 3.12. The van der Waals surface area contributed by atoms with Crippen molar-refractivity contribution in [3.8, 4) is 0 Å². The Balaban J connectivity index is 1.56. The van der Waals surface area contributed by atoms with Gasteiger partial charge in [0.05, 0.1) is 23.0 Å². The van der Waals surface area contributed by atoms with Crippen LogP contribution in [0.15, 0.2) is 48.8 Å². The number of aromatic amines is 1. The number of benzene rings is 2. The summed E-state index contributed by atoms with van der Waals surface area (Å²) < 4.78 is 0. The monoisotopic (exact) mass is 361 g/mol. The summed E-state index contributed by atoms with van der Waals surface area (Å²) in [6.07, 6.45) is 2.95. The van der Waals surface area contributed by atoms with Gasteiger partial charge in [-0.05, 0) is 42.2 Å². The number of nitrogens with one attached hydrogen (secondary N) is 1. The summed E-state index contributed by atoms with van der Waals surface area (Å²) in [5.74, 6) is 0.0195. The molecule has 5 rings (SSSR count). The van der Waals surface area contributed by atoms with Crippen molar-refractivity contribution >= 4 is 16.9 Å². The molecular formula is C22H23N3O2. The molecule has 1 aliphatic carbocycles. The molecule has 27 heavy (non-hydrogen) atoms. The molecule has 1 saturated heterocycles. The zero-order chi connectivity index (χ0) is 18.8. The highest BCUT2D eigenvalue weighted by atomic mass is 16.3. The van der Waals surface area contributed by atoms with Gasteiger partial charge in [0.2, 0.25) is 0 Å². The van der Waals surface area contributed by atoms with Crippen molar-refractivity contribution in [2.75, 3.05) is 6.54 Å². The number of hydrogen-bond donors (Lipinski definition) is 2. The summed E-state index contributed by atoms with van der Waals surface area (Å²) in [6, 6.07) is 13.7.